The standard InChI is InChI=1S/C15H25NO3S/c1-10(11(2)17)9-13(20)16-8-6-7-12(16)14(18)19-15(3,4)5/h10,12H,6-9H2,1-5H3/t10?,12-/m0/s1. The van der Waals surface area contributed by atoms with Crippen LogP contribution in [-0.2, 0) is 14.3 Å². The van der Waals surface area contributed by atoms with Gasteiger partial charge in [-0.3, -0.25) is 4.79 Å². The van der Waals surface area contributed by atoms with E-state index < -0.39 is 5.60 Å². The maximum atomic E-state index is 12.2. The first kappa shape index (κ1) is 17.1. The Hall–Kier alpha value is -0.970. The number of ether oxygens (including phenoxy) is 1. The molecular formula is C15H25NO3S. The van der Waals surface area contributed by atoms with Gasteiger partial charge in [0, 0.05) is 18.9 Å². The number of Topliss-reactive ketones (excluding diaryl/α,β-unsaturated/α-hetero) is 1. The van der Waals surface area contributed by atoms with Crippen LogP contribution in [0.3, 0.4) is 0 Å². The van der Waals surface area contributed by atoms with Gasteiger partial charge in [0.15, 0.2) is 0 Å². The van der Waals surface area contributed by atoms with Gasteiger partial charge in [-0.1, -0.05) is 19.1 Å². The Balaban J connectivity index is 2.67. The Morgan fingerprint density at radius 1 is 1.40 bits per heavy atom. The van der Waals surface area contributed by atoms with E-state index in [1.807, 2.05) is 32.6 Å². The van der Waals surface area contributed by atoms with E-state index in [0.29, 0.717) is 11.4 Å². The second-order valence-electron chi connectivity index (χ2n) is 6.49. The van der Waals surface area contributed by atoms with Gasteiger partial charge >= 0.3 is 5.97 Å². The molecule has 1 aliphatic rings. The maximum absolute atomic E-state index is 12.2. The molecule has 0 spiro atoms. The van der Waals surface area contributed by atoms with Crippen LogP contribution in [0.15, 0.2) is 0 Å². The average molecular weight is 299 g/mol. The van der Waals surface area contributed by atoms with Crippen molar-refractivity contribution in [1.29, 1.82) is 0 Å². The molecule has 5 heteroatoms. The summed E-state index contributed by atoms with van der Waals surface area (Å²) in [6.07, 6.45) is 2.23. The largest absolute Gasteiger partial charge is 0.458 e. The predicted octanol–water partition coefficient (Wildman–Crippen LogP) is 2.74. The van der Waals surface area contributed by atoms with Gasteiger partial charge in [-0.25, -0.2) is 4.79 Å². The molecule has 1 unspecified atom stereocenters. The van der Waals surface area contributed by atoms with Crippen molar-refractivity contribution in [2.45, 2.75) is 65.5 Å². The van der Waals surface area contributed by atoms with Crippen LogP contribution >= 0.6 is 12.2 Å². The molecule has 0 aliphatic carbocycles. The molecule has 114 valence electrons. The predicted molar refractivity (Wildman–Crippen MR) is 82.6 cm³/mol. The van der Waals surface area contributed by atoms with Crippen LogP contribution < -0.4 is 0 Å². The van der Waals surface area contributed by atoms with E-state index in [1.165, 1.54) is 0 Å². The normalized spacial score (nSPS) is 20.6. The SMILES string of the molecule is CC(=O)C(C)CC(=S)N1CCC[C@H]1C(=O)OC(C)(C)C. The number of carbonyl (C=O) groups is 2. The van der Waals surface area contributed by atoms with Crippen molar-refractivity contribution in [2.24, 2.45) is 5.92 Å². The average Bonchev–Trinajstić information content (AvgIpc) is 2.74. The third-order valence-electron chi connectivity index (χ3n) is 3.43. The molecule has 4 nitrogen and oxygen atoms in total. The van der Waals surface area contributed by atoms with E-state index in [1.54, 1.807) is 6.92 Å². The second kappa shape index (κ2) is 6.66. The molecule has 0 bridgehead atoms. The highest BCUT2D eigenvalue weighted by atomic mass is 32.1. The fourth-order valence-corrected chi connectivity index (χ4v) is 2.67. The molecule has 0 N–H and O–H groups in total. The van der Waals surface area contributed by atoms with Gasteiger partial charge in [0.25, 0.3) is 0 Å². The molecule has 1 heterocycles. The molecule has 0 saturated carbocycles. The minimum absolute atomic E-state index is 0.0950. The highest BCUT2D eigenvalue weighted by molar-refractivity contribution is 7.80. The second-order valence-corrected chi connectivity index (χ2v) is 6.97. The summed E-state index contributed by atoms with van der Waals surface area (Å²) in [5.41, 5.74) is -0.486. The monoisotopic (exact) mass is 299 g/mol. The van der Waals surface area contributed by atoms with Crippen molar-refractivity contribution < 1.29 is 14.3 Å². The number of thiocarbonyl (C=S) groups is 1. The van der Waals surface area contributed by atoms with Crippen LogP contribution in [0.2, 0.25) is 0 Å². The van der Waals surface area contributed by atoms with E-state index >= 15 is 0 Å². The summed E-state index contributed by atoms with van der Waals surface area (Å²) in [6.45, 7) is 9.80. The van der Waals surface area contributed by atoms with Crippen LogP contribution in [0.25, 0.3) is 0 Å². The van der Waals surface area contributed by atoms with Gasteiger partial charge in [0.1, 0.15) is 17.4 Å². The molecule has 0 amide bonds. The molecule has 2 atom stereocenters. The molecule has 1 fully saturated rings. The van der Waals surface area contributed by atoms with Crippen molar-refractivity contribution >= 4 is 29.0 Å². The lowest BCUT2D eigenvalue weighted by atomic mass is 10.0. The first-order valence-corrected chi connectivity index (χ1v) is 7.55. The number of ketones is 1. The number of esters is 1. The van der Waals surface area contributed by atoms with Crippen molar-refractivity contribution in [2.75, 3.05) is 6.54 Å². The van der Waals surface area contributed by atoms with Crippen molar-refractivity contribution in [3.05, 3.63) is 0 Å². The third-order valence-corrected chi connectivity index (χ3v) is 3.83. The number of rotatable bonds is 4. The summed E-state index contributed by atoms with van der Waals surface area (Å²) in [5, 5.41) is 0. The first-order valence-electron chi connectivity index (χ1n) is 7.14. The van der Waals surface area contributed by atoms with E-state index in [2.05, 4.69) is 0 Å². The molecule has 1 aliphatic heterocycles. The van der Waals surface area contributed by atoms with Crippen LogP contribution in [0.1, 0.15) is 53.9 Å². The van der Waals surface area contributed by atoms with Gasteiger partial charge in [0.05, 0.1) is 4.99 Å². The number of nitrogens with zero attached hydrogens (tertiary/aromatic N) is 1. The van der Waals surface area contributed by atoms with Gasteiger partial charge in [-0.2, -0.15) is 0 Å². The fraction of sp³-hybridized carbons (Fsp3) is 0.800. The summed E-state index contributed by atoms with van der Waals surface area (Å²) in [7, 11) is 0. The van der Waals surface area contributed by atoms with Gasteiger partial charge in [-0.15, -0.1) is 0 Å². The van der Waals surface area contributed by atoms with Gasteiger partial charge in [-0.05, 0) is 40.5 Å². The van der Waals surface area contributed by atoms with E-state index in [-0.39, 0.29) is 23.7 Å². The Morgan fingerprint density at radius 3 is 2.50 bits per heavy atom. The fourth-order valence-electron chi connectivity index (χ4n) is 2.20. The van der Waals surface area contributed by atoms with Crippen LogP contribution in [-0.4, -0.2) is 39.8 Å². The third kappa shape index (κ3) is 4.85. The number of hydrogen-bond donors (Lipinski definition) is 0. The van der Waals surface area contributed by atoms with E-state index in [4.69, 9.17) is 17.0 Å². The maximum Gasteiger partial charge on any atom is 0.329 e. The topological polar surface area (TPSA) is 46.6 Å². The zero-order chi connectivity index (χ0) is 15.5. The molecule has 1 saturated heterocycles. The van der Waals surface area contributed by atoms with Crippen LogP contribution in [0.5, 0.6) is 0 Å². The number of hydrogen-bond acceptors (Lipinski definition) is 4. The minimum Gasteiger partial charge on any atom is -0.458 e. The molecule has 0 aromatic heterocycles. The quantitative estimate of drug-likeness (QED) is 0.590. The van der Waals surface area contributed by atoms with Crippen molar-refractivity contribution in [1.82, 2.24) is 4.90 Å². The smallest absolute Gasteiger partial charge is 0.329 e. The molecular weight excluding hydrogens is 274 g/mol. The highest BCUT2D eigenvalue weighted by Gasteiger charge is 2.35. The molecule has 20 heavy (non-hydrogen) atoms. The summed E-state index contributed by atoms with van der Waals surface area (Å²) in [5.74, 6) is -0.185. The van der Waals surface area contributed by atoms with Crippen LogP contribution in [0, 0.1) is 5.92 Å². The lowest BCUT2D eigenvalue weighted by Gasteiger charge is -2.29. The highest BCUT2D eigenvalue weighted by Crippen LogP contribution is 2.23. The van der Waals surface area contributed by atoms with Crippen LogP contribution in [0.4, 0.5) is 0 Å². The molecule has 0 radical (unpaired) electrons. The minimum atomic E-state index is -0.486. The lowest BCUT2D eigenvalue weighted by molar-refractivity contribution is -0.159. The van der Waals surface area contributed by atoms with E-state index in [0.717, 1.165) is 19.4 Å². The summed E-state index contributed by atoms with van der Waals surface area (Å²) in [6, 6.07) is -0.291. The number of carbonyl (C=O) groups excluding carboxylic acids is 2. The summed E-state index contributed by atoms with van der Waals surface area (Å²) < 4.78 is 5.45. The van der Waals surface area contributed by atoms with Crippen molar-refractivity contribution in [3.8, 4) is 0 Å². The first-order chi connectivity index (χ1) is 9.11. The Labute approximate surface area is 126 Å². The lowest BCUT2D eigenvalue weighted by Crippen LogP contribution is -2.43. The van der Waals surface area contributed by atoms with Gasteiger partial charge < -0.3 is 9.64 Å². The Morgan fingerprint density at radius 2 is 2.00 bits per heavy atom. The zero-order valence-electron chi connectivity index (χ0n) is 13.1. The molecule has 0 aromatic rings. The van der Waals surface area contributed by atoms with E-state index in [9.17, 15) is 9.59 Å². The summed E-state index contributed by atoms with van der Waals surface area (Å²) >= 11 is 5.41. The zero-order valence-corrected chi connectivity index (χ0v) is 13.9. The Bertz CT molecular complexity index is 400. The summed E-state index contributed by atoms with van der Waals surface area (Å²) in [4.78, 5) is 26.2. The number of likely N-dealkylation sites (tertiary alicyclic amines) is 1. The van der Waals surface area contributed by atoms with Gasteiger partial charge in [0.2, 0.25) is 0 Å². The Kier molecular flexibility index (Phi) is 5.68. The molecule has 1 rings (SSSR count). The molecule has 0 aromatic carbocycles. The van der Waals surface area contributed by atoms with Crippen molar-refractivity contribution in [3.63, 3.8) is 0 Å².